The Morgan fingerprint density at radius 1 is 1.00 bits per heavy atom. The first kappa shape index (κ1) is 28.3. The molecule has 2 aromatic carbocycles. The highest BCUT2D eigenvalue weighted by molar-refractivity contribution is 5.81. The Morgan fingerprint density at radius 3 is 2.40 bits per heavy atom. The molecule has 1 atom stereocenters. The summed E-state index contributed by atoms with van der Waals surface area (Å²) in [6, 6.07) is 7.93. The molecule has 0 saturated carbocycles. The van der Waals surface area contributed by atoms with Crippen LogP contribution < -0.4 is 4.90 Å². The Labute approximate surface area is 244 Å². The predicted molar refractivity (Wildman–Crippen MR) is 156 cm³/mol. The molecule has 1 fully saturated rings. The quantitative estimate of drug-likeness (QED) is 0.459. The number of nitrogens with zero attached hydrogens (tertiary/aromatic N) is 5. The molecular formula is C32H37F2N5O3. The lowest BCUT2D eigenvalue weighted by Crippen LogP contribution is -2.42. The Morgan fingerprint density at radius 2 is 1.76 bits per heavy atom. The second-order valence-electron chi connectivity index (χ2n) is 11.9. The van der Waals surface area contributed by atoms with E-state index in [0.29, 0.717) is 43.9 Å². The first-order valence-electron chi connectivity index (χ1n) is 14.7. The van der Waals surface area contributed by atoms with Crippen LogP contribution in [0.15, 0.2) is 36.7 Å². The van der Waals surface area contributed by atoms with Gasteiger partial charge in [0.25, 0.3) is 12.3 Å². The summed E-state index contributed by atoms with van der Waals surface area (Å²) in [6.07, 6.45) is 2.95. The number of aliphatic hydroxyl groups excluding tert-OH is 1. The number of anilines is 2. The topological polar surface area (TPSA) is 81.9 Å². The maximum Gasteiger partial charge on any atom is 0.264 e. The fraction of sp³-hybridized carbons (Fsp3) is 0.469. The average molecular weight is 578 g/mol. The highest BCUT2D eigenvalue weighted by Crippen LogP contribution is 2.45. The average Bonchev–Trinajstić information content (AvgIpc) is 3.62. The van der Waals surface area contributed by atoms with E-state index in [2.05, 4.69) is 22.1 Å². The number of hydrogen-bond donors (Lipinski definition) is 1. The van der Waals surface area contributed by atoms with E-state index in [-0.39, 0.29) is 23.3 Å². The molecular weight excluding hydrogens is 540 g/mol. The van der Waals surface area contributed by atoms with Gasteiger partial charge in [-0.25, -0.2) is 8.78 Å². The molecule has 1 saturated heterocycles. The molecule has 42 heavy (non-hydrogen) atoms. The van der Waals surface area contributed by atoms with Gasteiger partial charge >= 0.3 is 0 Å². The Bertz CT molecular complexity index is 1530. The molecule has 0 aliphatic carbocycles. The summed E-state index contributed by atoms with van der Waals surface area (Å²) >= 11 is 0. The van der Waals surface area contributed by atoms with Crippen molar-refractivity contribution in [3.63, 3.8) is 0 Å². The maximum atomic E-state index is 14.5. The number of piperidine rings is 1. The molecule has 1 aromatic heterocycles. The van der Waals surface area contributed by atoms with Crippen molar-refractivity contribution in [2.45, 2.75) is 71.1 Å². The van der Waals surface area contributed by atoms with Crippen molar-refractivity contribution in [2.75, 3.05) is 24.5 Å². The third-order valence-electron chi connectivity index (χ3n) is 9.04. The van der Waals surface area contributed by atoms with Crippen molar-refractivity contribution in [2.24, 2.45) is 7.05 Å². The summed E-state index contributed by atoms with van der Waals surface area (Å²) in [5, 5.41) is 13.9. The van der Waals surface area contributed by atoms with Gasteiger partial charge in [-0.15, -0.1) is 0 Å². The molecule has 0 bridgehead atoms. The van der Waals surface area contributed by atoms with Gasteiger partial charge in [0.2, 0.25) is 5.91 Å². The van der Waals surface area contributed by atoms with E-state index in [1.54, 1.807) is 42.0 Å². The van der Waals surface area contributed by atoms with Crippen LogP contribution in [-0.4, -0.2) is 62.2 Å². The van der Waals surface area contributed by atoms with Crippen LogP contribution in [0, 0.1) is 0 Å². The number of carbonyl (C=O) groups excluding carboxylic acids is 2. The predicted octanol–water partition coefficient (Wildman–Crippen LogP) is 5.06. The van der Waals surface area contributed by atoms with Gasteiger partial charge in [0, 0.05) is 81.0 Å². The van der Waals surface area contributed by atoms with Crippen LogP contribution in [0.1, 0.15) is 73.3 Å². The highest BCUT2D eigenvalue weighted by Gasteiger charge is 2.33. The number of hydrogen-bond acceptors (Lipinski definition) is 5. The van der Waals surface area contributed by atoms with E-state index in [9.17, 15) is 23.5 Å². The molecule has 3 aromatic rings. The van der Waals surface area contributed by atoms with Crippen molar-refractivity contribution < 1.29 is 23.5 Å². The minimum absolute atomic E-state index is 0.00351. The van der Waals surface area contributed by atoms with Crippen molar-refractivity contribution >= 4 is 23.2 Å². The van der Waals surface area contributed by atoms with E-state index in [0.717, 1.165) is 59.3 Å². The number of aryl methyl sites for hydroxylation is 2. The number of rotatable bonds is 5. The first-order chi connectivity index (χ1) is 20.1. The van der Waals surface area contributed by atoms with E-state index in [1.165, 1.54) is 6.92 Å². The lowest BCUT2D eigenvalue weighted by atomic mass is 9.86. The second kappa shape index (κ2) is 11.1. The summed E-state index contributed by atoms with van der Waals surface area (Å²) in [7, 11) is 1.78. The Hall–Kier alpha value is -3.79. The van der Waals surface area contributed by atoms with Gasteiger partial charge in [0.05, 0.1) is 6.20 Å². The van der Waals surface area contributed by atoms with Gasteiger partial charge in [-0.05, 0) is 79.0 Å². The van der Waals surface area contributed by atoms with E-state index in [1.807, 2.05) is 11.0 Å². The summed E-state index contributed by atoms with van der Waals surface area (Å²) in [4.78, 5) is 30.5. The molecule has 0 unspecified atom stereocenters. The molecule has 4 heterocycles. The minimum atomic E-state index is -2.64. The number of amides is 2. The number of likely N-dealkylation sites (tertiary alicyclic amines) is 1. The molecule has 6 rings (SSSR count). The number of fused-ring (bicyclic) bond motifs is 2. The largest absolute Gasteiger partial charge is 0.384 e. The molecule has 3 aliphatic rings. The second-order valence-corrected chi connectivity index (χ2v) is 11.9. The lowest BCUT2D eigenvalue weighted by molar-refractivity contribution is -0.140. The zero-order valence-electron chi connectivity index (χ0n) is 24.3. The number of aromatic nitrogens is 2. The van der Waals surface area contributed by atoms with Gasteiger partial charge in [0.15, 0.2) is 0 Å². The highest BCUT2D eigenvalue weighted by atomic mass is 19.3. The minimum Gasteiger partial charge on any atom is -0.384 e. The summed E-state index contributed by atoms with van der Waals surface area (Å²) in [5.74, 6) is -0.0262. The third-order valence-corrected chi connectivity index (χ3v) is 9.04. The van der Waals surface area contributed by atoms with Crippen LogP contribution in [0.5, 0.6) is 0 Å². The number of benzene rings is 2. The number of alkyl halides is 2. The van der Waals surface area contributed by atoms with Gasteiger partial charge in [0.1, 0.15) is 6.10 Å². The van der Waals surface area contributed by atoms with Gasteiger partial charge in [-0.1, -0.05) is 6.07 Å². The molecule has 10 heteroatoms. The van der Waals surface area contributed by atoms with E-state index < -0.39 is 12.5 Å². The van der Waals surface area contributed by atoms with Crippen LogP contribution in [-0.2, 0) is 36.1 Å². The van der Waals surface area contributed by atoms with Crippen molar-refractivity contribution in [3.8, 4) is 11.1 Å². The molecule has 0 radical (unpaired) electrons. The normalized spacial score (nSPS) is 17.9. The molecule has 8 nitrogen and oxygen atoms in total. The van der Waals surface area contributed by atoms with Crippen LogP contribution >= 0.6 is 0 Å². The summed E-state index contributed by atoms with van der Waals surface area (Å²) in [6.45, 7) is 5.92. The Kier molecular flexibility index (Phi) is 7.51. The van der Waals surface area contributed by atoms with Crippen LogP contribution in [0.3, 0.4) is 0 Å². The SMILES string of the molecule is CC(=O)N1Cc2cc(C3CCN(C(=O)[C@@H](C)O)CC3)cc(N3CCCc4cc(-c5cnn(C)c5)c(C(F)F)cc43)c2C1. The summed E-state index contributed by atoms with van der Waals surface area (Å²) < 4.78 is 30.6. The fourth-order valence-corrected chi connectivity index (χ4v) is 6.80. The number of aliphatic hydroxyl groups is 1. The molecule has 3 aliphatic heterocycles. The maximum absolute atomic E-state index is 14.5. The number of halogens is 2. The molecule has 222 valence electrons. The van der Waals surface area contributed by atoms with Crippen LogP contribution in [0.2, 0.25) is 0 Å². The first-order valence-corrected chi connectivity index (χ1v) is 14.7. The third kappa shape index (κ3) is 5.17. The smallest absolute Gasteiger partial charge is 0.264 e. The van der Waals surface area contributed by atoms with Gasteiger partial charge < -0.3 is 19.8 Å². The fourth-order valence-electron chi connectivity index (χ4n) is 6.80. The molecule has 1 N–H and O–H groups in total. The number of carbonyl (C=O) groups is 2. The monoisotopic (exact) mass is 577 g/mol. The zero-order chi connectivity index (χ0) is 29.7. The van der Waals surface area contributed by atoms with E-state index >= 15 is 0 Å². The van der Waals surface area contributed by atoms with E-state index in [4.69, 9.17) is 0 Å². The van der Waals surface area contributed by atoms with Crippen LogP contribution in [0.25, 0.3) is 11.1 Å². The lowest BCUT2D eigenvalue weighted by Gasteiger charge is -2.36. The van der Waals surface area contributed by atoms with Gasteiger partial charge in [-0.2, -0.15) is 5.10 Å². The standard InChI is InChI=1S/C32H37F2N5O3/c1-19(40)32(42)37-9-6-21(7-10-37)23-11-24-17-38(20(2)41)18-28(24)30(13-23)39-8-4-5-22-12-26(25-15-35-36(3)16-25)27(31(33)34)14-29(22)39/h11-16,19,21,31,40H,4-10,17-18H2,1-3H3/t19-/m1/s1. The van der Waals surface area contributed by atoms with Crippen molar-refractivity contribution in [3.05, 3.63) is 64.5 Å². The van der Waals surface area contributed by atoms with Gasteiger partial charge in [-0.3, -0.25) is 14.3 Å². The van der Waals surface area contributed by atoms with Crippen molar-refractivity contribution in [1.82, 2.24) is 19.6 Å². The Balaban J connectivity index is 1.40. The van der Waals surface area contributed by atoms with Crippen molar-refractivity contribution in [1.29, 1.82) is 0 Å². The summed E-state index contributed by atoms with van der Waals surface area (Å²) in [5.41, 5.74) is 7.27. The molecule has 2 amide bonds. The zero-order valence-corrected chi connectivity index (χ0v) is 24.3. The van der Waals surface area contributed by atoms with Crippen LogP contribution in [0.4, 0.5) is 20.2 Å². The molecule has 0 spiro atoms.